The van der Waals surface area contributed by atoms with E-state index in [0.29, 0.717) is 0 Å². The first-order chi connectivity index (χ1) is 4.62. The quantitative estimate of drug-likeness (QED) is 0.346. The van der Waals surface area contributed by atoms with Crippen molar-refractivity contribution in [2.24, 2.45) is 11.5 Å². The number of rotatable bonds is 5. The summed E-state index contributed by atoms with van der Waals surface area (Å²) in [6.45, 7) is 5.72. The van der Waals surface area contributed by atoms with Crippen LogP contribution in [0, 0.1) is 0 Å². The fourth-order valence-electron chi connectivity index (χ4n) is 0.783. The minimum Gasteiger partial charge on any atom is -0.310 e. The van der Waals surface area contributed by atoms with Crippen LogP contribution < -0.4 is 11.5 Å². The zero-order valence-electron chi connectivity index (χ0n) is 6.77. The third-order valence-electron chi connectivity index (χ3n) is 1.59. The van der Waals surface area contributed by atoms with Crippen molar-refractivity contribution >= 4 is 0 Å². The van der Waals surface area contributed by atoms with E-state index in [-0.39, 0.29) is 0 Å². The van der Waals surface area contributed by atoms with Crippen LogP contribution in [0.3, 0.4) is 0 Å². The number of nitrogens with two attached hydrogens (primary N) is 2. The number of unbranched alkanes of at least 4 members (excludes halogenated alkanes) is 2. The van der Waals surface area contributed by atoms with Crippen LogP contribution in [0.2, 0.25) is 0 Å². The fourth-order valence-corrected chi connectivity index (χ4v) is 0.783. The van der Waals surface area contributed by atoms with Gasteiger partial charge in [-0.3, -0.25) is 0 Å². The second kappa shape index (κ2) is 4.47. The largest absolute Gasteiger partial charge is 0.310 e. The zero-order valence-corrected chi connectivity index (χ0v) is 6.77. The van der Waals surface area contributed by atoms with Crippen LogP contribution in [-0.2, 0) is 0 Å². The third-order valence-corrected chi connectivity index (χ3v) is 1.59. The standard InChI is InChI=1S/C8H18N2/c1-3-5-6-7-8(9,10)4-2/h4H,2-3,5-7,9-10H2,1H3. The van der Waals surface area contributed by atoms with Crippen molar-refractivity contribution in [1.82, 2.24) is 0 Å². The van der Waals surface area contributed by atoms with Crippen molar-refractivity contribution in [3.8, 4) is 0 Å². The second-order valence-electron chi connectivity index (χ2n) is 2.77. The molecule has 0 fully saturated rings. The fraction of sp³-hybridized carbons (Fsp3) is 0.750. The van der Waals surface area contributed by atoms with E-state index in [2.05, 4.69) is 13.5 Å². The lowest BCUT2D eigenvalue weighted by Crippen LogP contribution is -2.46. The highest BCUT2D eigenvalue weighted by molar-refractivity contribution is 4.94. The van der Waals surface area contributed by atoms with Gasteiger partial charge in [0.15, 0.2) is 0 Å². The van der Waals surface area contributed by atoms with Gasteiger partial charge in [0.2, 0.25) is 0 Å². The number of hydrogen-bond acceptors (Lipinski definition) is 2. The van der Waals surface area contributed by atoms with Crippen molar-refractivity contribution in [1.29, 1.82) is 0 Å². The molecule has 2 heteroatoms. The van der Waals surface area contributed by atoms with E-state index in [1.807, 2.05) is 0 Å². The molecular formula is C8H18N2. The molecule has 0 aliphatic rings. The van der Waals surface area contributed by atoms with Crippen molar-refractivity contribution in [2.45, 2.75) is 38.3 Å². The molecule has 0 heterocycles. The summed E-state index contributed by atoms with van der Waals surface area (Å²) < 4.78 is 0. The minimum atomic E-state index is -0.644. The Morgan fingerprint density at radius 2 is 2.00 bits per heavy atom. The van der Waals surface area contributed by atoms with Gasteiger partial charge in [-0.2, -0.15) is 0 Å². The molecule has 60 valence electrons. The Kier molecular flexibility index (Phi) is 4.32. The summed E-state index contributed by atoms with van der Waals surface area (Å²) in [5, 5.41) is 0. The monoisotopic (exact) mass is 142 g/mol. The van der Waals surface area contributed by atoms with Crippen LogP contribution in [-0.4, -0.2) is 5.66 Å². The molecule has 0 amide bonds. The van der Waals surface area contributed by atoms with E-state index in [1.54, 1.807) is 6.08 Å². The molecule has 0 unspecified atom stereocenters. The average molecular weight is 142 g/mol. The summed E-state index contributed by atoms with van der Waals surface area (Å²) in [5.41, 5.74) is 10.6. The third kappa shape index (κ3) is 4.53. The molecule has 0 rings (SSSR count). The van der Waals surface area contributed by atoms with E-state index >= 15 is 0 Å². The highest BCUT2D eigenvalue weighted by Gasteiger charge is 2.11. The van der Waals surface area contributed by atoms with Gasteiger partial charge in [0.1, 0.15) is 0 Å². The first-order valence-corrected chi connectivity index (χ1v) is 3.83. The highest BCUT2D eigenvalue weighted by Crippen LogP contribution is 2.07. The van der Waals surface area contributed by atoms with Gasteiger partial charge < -0.3 is 11.5 Å². The van der Waals surface area contributed by atoms with E-state index in [4.69, 9.17) is 11.5 Å². The molecule has 0 aromatic carbocycles. The molecule has 0 aliphatic heterocycles. The van der Waals surface area contributed by atoms with E-state index in [0.717, 1.165) is 12.8 Å². The van der Waals surface area contributed by atoms with Crippen molar-refractivity contribution in [3.63, 3.8) is 0 Å². The molecule has 0 radical (unpaired) electrons. The van der Waals surface area contributed by atoms with Gasteiger partial charge in [0, 0.05) is 0 Å². The van der Waals surface area contributed by atoms with E-state index < -0.39 is 5.66 Å². The van der Waals surface area contributed by atoms with Crippen molar-refractivity contribution in [2.75, 3.05) is 0 Å². The molecule has 0 aliphatic carbocycles. The van der Waals surface area contributed by atoms with Crippen LogP contribution in [0.15, 0.2) is 12.7 Å². The second-order valence-corrected chi connectivity index (χ2v) is 2.77. The van der Waals surface area contributed by atoms with Gasteiger partial charge >= 0.3 is 0 Å². The Bertz CT molecular complexity index is 97.4. The highest BCUT2D eigenvalue weighted by atomic mass is 14.9. The van der Waals surface area contributed by atoms with Crippen molar-refractivity contribution in [3.05, 3.63) is 12.7 Å². The van der Waals surface area contributed by atoms with Crippen LogP contribution in [0.25, 0.3) is 0 Å². The molecule has 2 nitrogen and oxygen atoms in total. The summed E-state index contributed by atoms with van der Waals surface area (Å²) in [6.07, 6.45) is 5.94. The predicted octanol–water partition coefficient (Wildman–Crippen LogP) is 1.37. The first-order valence-electron chi connectivity index (χ1n) is 3.83. The lowest BCUT2D eigenvalue weighted by atomic mass is 10.0. The Morgan fingerprint density at radius 3 is 2.40 bits per heavy atom. The van der Waals surface area contributed by atoms with Gasteiger partial charge in [-0.05, 0) is 12.8 Å². The summed E-state index contributed by atoms with van der Waals surface area (Å²) in [6, 6.07) is 0. The van der Waals surface area contributed by atoms with Crippen LogP contribution >= 0.6 is 0 Å². The van der Waals surface area contributed by atoms with Gasteiger partial charge in [0.25, 0.3) is 0 Å². The summed E-state index contributed by atoms with van der Waals surface area (Å²) in [5.74, 6) is 0. The van der Waals surface area contributed by atoms with E-state index in [1.165, 1.54) is 12.8 Å². The molecule has 0 aromatic rings. The molecule has 4 N–H and O–H groups in total. The Hall–Kier alpha value is -0.340. The first kappa shape index (κ1) is 9.66. The summed E-state index contributed by atoms with van der Waals surface area (Å²) >= 11 is 0. The van der Waals surface area contributed by atoms with Crippen LogP contribution in [0.5, 0.6) is 0 Å². The van der Waals surface area contributed by atoms with Gasteiger partial charge in [0.05, 0.1) is 5.66 Å². The lowest BCUT2D eigenvalue weighted by Gasteiger charge is -2.18. The lowest BCUT2D eigenvalue weighted by molar-refractivity contribution is 0.475. The molecule has 0 bridgehead atoms. The van der Waals surface area contributed by atoms with Crippen LogP contribution in [0.1, 0.15) is 32.6 Å². The SMILES string of the molecule is C=CC(N)(N)CCCCC. The molecule has 0 atom stereocenters. The molecule has 10 heavy (non-hydrogen) atoms. The Morgan fingerprint density at radius 1 is 1.40 bits per heavy atom. The van der Waals surface area contributed by atoms with E-state index in [9.17, 15) is 0 Å². The van der Waals surface area contributed by atoms with Crippen LogP contribution in [0.4, 0.5) is 0 Å². The maximum absolute atomic E-state index is 5.62. The predicted molar refractivity (Wildman–Crippen MR) is 45.4 cm³/mol. The summed E-state index contributed by atoms with van der Waals surface area (Å²) in [7, 11) is 0. The average Bonchev–Trinajstić information content (AvgIpc) is 1.89. The molecule has 0 aromatic heterocycles. The molecule has 0 saturated carbocycles. The molecule has 0 saturated heterocycles. The minimum absolute atomic E-state index is 0.644. The smallest absolute Gasteiger partial charge is 0.0825 e. The van der Waals surface area contributed by atoms with Gasteiger partial charge in [-0.25, -0.2) is 0 Å². The molecule has 0 spiro atoms. The summed E-state index contributed by atoms with van der Waals surface area (Å²) in [4.78, 5) is 0. The molecular weight excluding hydrogens is 124 g/mol. The zero-order chi connectivity index (χ0) is 8.04. The Labute approximate surface area is 63.3 Å². The normalized spacial score (nSPS) is 11.5. The van der Waals surface area contributed by atoms with Crippen molar-refractivity contribution < 1.29 is 0 Å². The topological polar surface area (TPSA) is 52.0 Å². The van der Waals surface area contributed by atoms with Gasteiger partial charge in [-0.15, -0.1) is 0 Å². The maximum atomic E-state index is 5.62. The Balaban J connectivity index is 3.37. The van der Waals surface area contributed by atoms with Gasteiger partial charge in [-0.1, -0.05) is 32.4 Å². The number of hydrogen-bond donors (Lipinski definition) is 2. The maximum Gasteiger partial charge on any atom is 0.0825 e.